The molecule has 0 saturated heterocycles. The topological polar surface area (TPSA) is 62.1 Å². The molecule has 1 unspecified atom stereocenters. The minimum Gasteiger partial charge on any atom is -0.484 e. The molecule has 5 nitrogen and oxygen atoms in total. The lowest BCUT2D eigenvalue weighted by Crippen LogP contribution is -2.45. The van der Waals surface area contributed by atoms with Gasteiger partial charge in [-0.2, -0.15) is 10.1 Å². The molecule has 1 aliphatic rings. The fourth-order valence-corrected chi connectivity index (χ4v) is 4.01. The Hall–Kier alpha value is -2.93. The molecule has 1 amide bonds. The van der Waals surface area contributed by atoms with Gasteiger partial charge in [0.25, 0.3) is 5.91 Å². The van der Waals surface area contributed by atoms with E-state index in [2.05, 4.69) is 5.10 Å². The number of benzene rings is 3. The molecule has 1 N–H and O–H groups in total. The highest BCUT2D eigenvalue weighted by molar-refractivity contribution is 6.35. The monoisotopic (exact) mass is 472 g/mol. The maximum Gasteiger partial charge on any atom is 0.283 e. The lowest BCUT2D eigenvalue weighted by Gasteiger charge is -2.32. The van der Waals surface area contributed by atoms with Crippen LogP contribution in [-0.4, -0.2) is 28.3 Å². The Morgan fingerprint density at radius 3 is 2.50 bits per heavy atom. The third kappa shape index (κ3) is 4.35. The van der Waals surface area contributed by atoms with Crippen LogP contribution in [0.25, 0.3) is 0 Å². The summed E-state index contributed by atoms with van der Waals surface area (Å²) in [5.41, 5.74) is 0.185. The van der Waals surface area contributed by atoms with E-state index in [0.29, 0.717) is 17.0 Å². The summed E-state index contributed by atoms with van der Waals surface area (Å²) < 4.78 is 19.8. The molecule has 0 saturated carbocycles. The Morgan fingerprint density at radius 1 is 1.12 bits per heavy atom. The van der Waals surface area contributed by atoms with E-state index in [9.17, 15) is 14.3 Å². The number of carbonyl (C=O) groups is 1. The molecule has 0 aliphatic carbocycles. The number of hydrazone groups is 1. The standard InChI is InChI=1S/C24H19Cl2FN2O3/c1-15-7-9-17(10-8-15)32-14-23(30)29-24(31,18-11-21(27)20(26)12-19(18)25)13-22(28-29)16-5-3-2-4-6-16/h2-12,31H,13-14H2,1H3. The first-order valence-corrected chi connectivity index (χ1v) is 10.6. The van der Waals surface area contributed by atoms with Crippen LogP contribution in [0.4, 0.5) is 4.39 Å². The Balaban J connectivity index is 1.69. The maximum atomic E-state index is 14.3. The van der Waals surface area contributed by atoms with Crippen LogP contribution in [0, 0.1) is 12.7 Å². The second-order valence-corrected chi connectivity index (χ2v) is 8.27. The molecule has 3 aromatic carbocycles. The van der Waals surface area contributed by atoms with Crippen LogP contribution in [0.15, 0.2) is 71.8 Å². The second kappa shape index (κ2) is 8.90. The zero-order valence-corrected chi connectivity index (χ0v) is 18.6. The van der Waals surface area contributed by atoms with Crippen molar-refractivity contribution in [2.75, 3.05) is 6.61 Å². The summed E-state index contributed by atoms with van der Waals surface area (Å²) in [5.74, 6) is -0.893. The molecule has 3 aromatic rings. The third-order valence-corrected chi connectivity index (χ3v) is 5.76. The van der Waals surface area contributed by atoms with E-state index in [0.717, 1.165) is 16.6 Å². The lowest BCUT2D eigenvalue weighted by atomic mass is 9.94. The minimum atomic E-state index is -2.01. The van der Waals surface area contributed by atoms with Crippen molar-refractivity contribution in [2.45, 2.75) is 19.1 Å². The van der Waals surface area contributed by atoms with Gasteiger partial charge in [-0.1, -0.05) is 71.2 Å². The summed E-state index contributed by atoms with van der Waals surface area (Å²) >= 11 is 12.1. The third-order valence-electron chi connectivity index (χ3n) is 5.15. The van der Waals surface area contributed by atoms with Gasteiger partial charge in [-0.05, 0) is 36.8 Å². The van der Waals surface area contributed by atoms with Gasteiger partial charge in [0.05, 0.1) is 15.8 Å². The van der Waals surface area contributed by atoms with Crippen LogP contribution in [-0.2, 0) is 10.5 Å². The van der Waals surface area contributed by atoms with Crippen LogP contribution in [0.1, 0.15) is 23.1 Å². The van der Waals surface area contributed by atoms with Gasteiger partial charge in [0.2, 0.25) is 0 Å². The number of rotatable bonds is 5. The predicted molar refractivity (Wildman–Crippen MR) is 121 cm³/mol. The fourth-order valence-electron chi connectivity index (χ4n) is 3.48. The van der Waals surface area contributed by atoms with Crippen molar-refractivity contribution in [1.82, 2.24) is 5.01 Å². The van der Waals surface area contributed by atoms with Gasteiger partial charge in [-0.3, -0.25) is 4.79 Å². The normalized spacial score (nSPS) is 17.9. The second-order valence-electron chi connectivity index (χ2n) is 7.46. The van der Waals surface area contributed by atoms with Crippen LogP contribution in [0.2, 0.25) is 10.0 Å². The summed E-state index contributed by atoms with van der Waals surface area (Å²) in [6, 6.07) is 18.5. The number of hydrogen-bond donors (Lipinski definition) is 1. The molecule has 1 aliphatic heterocycles. The average molecular weight is 473 g/mol. The van der Waals surface area contributed by atoms with E-state index in [1.807, 2.05) is 37.3 Å². The van der Waals surface area contributed by atoms with Gasteiger partial charge < -0.3 is 9.84 Å². The molecule has 0 spiro atoms. The van der Waals surface area contributed by atoms with Crippen LogP contribution < -0.4 is 4.74 Å². The predicted octanol–water partition coefficient (Wildman–Crippen LogP) is 5.30. The van der Waals surface area contributed by atoms with Crippen molar-refractivity contribution < 1.29 is 19.0 Å². The Bertz CT molecular complexity index is 1190. The average Bonchev–Trinajstić information content (AvgIpc) is 3.15. The Kier molecular flexibility index (Phi) is 6.20. The highest BCUT2D eigenvalue weighted by atomic mass is 35.5. The number of carbonyl (C=O) groups excluding carboxylic acids is 1. The zero-order valence-electron chi connectivity index (χ0n) is 17.1. The quantitative estimate of drug-likeness (QED) is 0.512. The van der Waals surface area contributed by atoms with E-state index >= 15 is 0 Å². The first-order valence-electron chi connectivity index (χ1n) is 9.81. The van der Waals surface area contributed by atoms with Crippen LogP contribution >= 0.6 is 23.2 Å². The Labute approximate surface area is 194 Å². The molecule has 0 fully saturated rings. The summed E-state index contributed by atoms with van der Waals surface area (Å²) in [6.07, 6.45) is -0.0892. The van der Waals surface area contributed by atoms with Crippen molar-refractivity contribution in [3.05, 3.63) is 99.3 Å². The van der Waals surface area contributed by atoms with E-state index in [1.54, 1.807) is 24.3 Å². The molecule has 0 aromatic heterocycles. The summed E-state index contributed by atoms with van der Waals surface area (Å²) in [5, 5.41) is 16.7. The largest absolute Gasteiger partial charge is 0.484 e. The van der Waals surface area contributed by atoms with Gasteiger partial charge in [-0.25, -0.2) is 4.39 Å². The Morgan fingerprint density at radius 2 is 1.81 bits per heavy atom. The number of aliphatic hydroxyl groups is 1. The number of hydrogen-bond acceptors (Lipinski definition) is 4. The minimum absolute atomic E-state index is 0.0144. The van der Waals surface area contributed by atoms with E-state index in [4.69, 9.17) is 27.9 Å². The van der Waals surface area contributed by atoms with E-state index < -0.39 is 17.4 Å². The first-order chi connectivity index (χ1) is 15.3. The first kappa shape index (κ1) is 22.3. The summed E-state index contributed by atoms with van der Waals surface area (Å²) in [7, 11) is 0. The molecule has 0 radical (unpaired) electrons. The van der Waals surface area contributed by atoms with E-state index in [-0.39, 0.29) is 28.6 Å². The molecule has 4 rings (SSSR count). The molecule has 0 bridgehead atoms. The van der Waals surface area contributed by atoms with Gasteiger partial charge in [0.1, 0.15) is 11.6 Å². The van der Waals surface area contributed by atoms with Crippen molar-refractivity contribution >= 4 is 34.8 Å². The highest BCUT2D eigenvalue weighted by Gasteiger charge is 2.47. The van der Waals surface area contributed by atoms with Crippen molar-refractivity contribution in [3.63, 3.8) is 0 Å². The number of aryl methyl sites for hydroxylation is 1. The van der Waals surface area contributed by atoms with Gasteiger partial charge >= 0.3 is 0 Å². The number of ether oxygens (including phenoxy) is 1. The molecule has 1 heterocycles. The van der Waals surface area contributed by atoms with Gasteiger partial charge in [-0.15, -0.1) is 0 Å². The summed E-state index contributed by atoms with van der Waals surface area (Å²) in [6.45, 7) is 1.55. The molecule has 1 atom stereocenters. The van der Waals surface area contributed by atoms with Gasteiger partial charge in [0.15, 0.2) is 12.3 Å². The highest BCUT2D eigenvalue weighted by Crippen LogP contribution is 2.41. The smallest absolute Gasteiger partial charge is 0.283 e. The molecule has 32 heavy (non-hydrogen) atoms. The van der Waals surface area contributed by atoms with Crippen LogP contribution in [0.3, 0.4) is 0 Å². The van der Waals surface area contributed by atoms with Crippen molar-refractivity contribution in [2.24, 2.45) is 5.10 Å². The summed E-state index contributed by atoms with van der Waals surface area (Å²) in [4.78, 5) is 13.1. The van der Waals surface area contributed by atoms with Crippen molar-refractivity contribution in [3.8, 4) is 5.75 Å². The van der Waals surface area contributed by atoms with Crippen molar-refractivity contribution in [1.29, 1.82) is 0 Å². The lowest BCUT2D eigenvalue weighted by molar-refractivity contribution is -0.159. The molecule has 164 valence electrons. The maximum absolute atomic E-state index is 14.3. The molecular weight excluding hydrogens is 454 g/mol. The SMILES string of the molecule is Cc1ccc(OCC(=O)N2N=C(c3ccccc3)CC2(O)c2cc(F)c(Cl)cc2Cl)cc1. The van der Waals surface area contributed by atoms with E-state index in [1.165, 1.54) is 6.07 Å². The molecule has 8 heteroatoms. The number of nitrogens with zero attached hydrogens (tertiary/aromatic N) is 2. The van der Waals surface area contributed by atoms with Gasteiger partial charge in [0, 0.05) is 12.0 Å². The zero-order chi connectivity index (χ0) is 22.9. The number of halogens is 3. The molecular formula is C24H19Cl2FN2O3. The number of amides is 1. The fraction of sp³-hybridized carbons (Fsp3) is 0.167. The van der Waals surface area contributed by atoms with Crippen LogP contribution in [0.5, 0.6) is 5.75 Å².